The van der Waals surface area contributed by atoms with E-state index in [1.54, 1.807) is 0 Å². The van der Waals surface area contributed by atoms with Gasteiger partial charge >= 0.3 is 0 Å². The molecule has 1 aromatic carbocycles. The van der Waals surface area contributed by atoms with Crippen LogP contribution in [0, 0.1) is 0 Å². The van der Waals surface area contributed by atoms with Gasteiger partial charge in [-0.1, -0.05) is 30.3 Å². The maximum atomic E-state index is 5.32. The molecule has 2 heteroatoms. The van der Waals surface area contributed by atoms with Crippen molar-refractivity contribution in [3.63, 3.8) is 0 Å². The van der Waals surface area contributed by atoms with E-state index in [1.807, 2.05) is 6.92 Å². The van der Waals surface area contributed by atoms with Gasteiger partial charge in [0.15, 0.2) is 5.90 Å². The fourth-order valence-corrected chi connectivity index (χ4v) is 1.88. The molecule has 0 spiro atoms. The quantitative estimate of drug-likeness (QED) is 0.737. The van der Waals surface area contributed by atoms with Crippen molar-refractivity contribution in [3.05, 3.63) is 35.9 Å². The van der Waals surface area contributed by atoms with Crippen LogP contribution in [0.15, 0.2) is 35.3 Å². The third-order valence-corrected chi connectivity index (χ3v) is 2.69. The average Bonchev–Trinajstić information content (AvgIpc) is 2.66. The molecule has 0 amide bonds. The second-order valence-corrected chi connectivity index (χ2v) is 3.99. The Morgan fingerprint density at radius 1 is 1.33 bits per heavy atom. The fraction of sp³-hybridized carbons (Fsp3) is 0.462. The van der Waals surface area contributed by atoms with Crippen LogP contribution in [0.3, 0.4) is 0 Å². The second kappa shape index (κ2) is 4.96. The second-order valence-electron chi connectivity index (χ2n) is 3.99. The van der Waals surface area contributed by atoms with Crippen LogP contribution in [0.4, 0.5) is 0 Å². The Morgan fingerprint density at radius 3 is 2.80 bits per heavy atom. The largest absolute Gasteiger partial charge is 0.479 e. The van der Waals surface area contributed by atoms with Crippen LogP contribution in [0.1, 0.15) is 25.3 Å². The molecule has 1 aliphatic rings. The minimum Gasteiger partial charge on any atom is -0.479 e. The monoisotopic (exact) mass is 203 g/mol. The Balaban J connectivity index is 1.72. The predicted octanol–water partition coefficient (Wildman–Crippen LogP) is 2.83. The number of rotatable bonds is 4. The lowest BCUT2D eigenvalue weighted by molar-refractivity contribution is 0.308. The van der Waals surface area contributed by atoms with Crippen LogP contribution in [0.5, 0.6) is 0 Å². The number of nitrogens with zero attached hydrogens (tertiary/aromatic N) is 1. The van der Waals surface area contributed by atoms with Gasteiger partial charge in [0.2, 0.25) is 0 Å². The Labute approximate surface area is 91.0 Å². The zero-order valence-electron chi connectivity index (χ0n) is 9.15. The summed E-state index contributed by atoms with van der Waals surface area (Å²) in [4.78, 5) is 4.41. The molecule has 1 atom stereocenters. The van der Waals surface area contributed by atoms with Gasteiger partial charge < -0.3 is 4.74 Å². The Hall–Kier alpha value is -1.31. The van der Waals surface area contributed by atoms with Crippen molar-refractivity contribution < 1.29 is 4.74 Å². The van der Waals surface area contributed by atoms with E-state index in [9.17, 15) is 0 Å². The maximum Gasteiger partial charge on any atom is 0.180 e. The molecule has 2 nitrogen and oxygen atoms in total. The third-order valence-electron chi connectivity index (χ3n) is 2.69. The highest BCUT2D eigenvalue weighted by molar-refractivity contribution is 5.74. The molecule has 15 heavy (non-hydrogen) atoms. The van der Waals surface area contributed by atoms with Crippen LogP contribution >= 0.6 is 0 Å². The van der Waals surface area contributed by atoms with E-state index >= 15 is 0 Å². The van der Waals surface area contributed by atoms with Crippen molar-refractivity contribution in [1.29, 1.82) is 0 Å². The molecule has 0 radical (unpaired) electrons. The van der Waals surface area contributed by atoms with E-state index in [0.29, 0.717) is 6.04 Å². The number of benzene rings is 1. The molecule has 0 saturated heterocycles. The van der Waals surface area contributed by atoms with Crippen LogP contribution in [0.2, 0.25) is 0 Å². The summed E-state index contributed by atoms with van der Waals surface area (Å²) in [6.45, 7) is 2.71. The van der Waals surface area contributed by atoms with Gasteiger partial charge in [-0.3, -0.25) is 0 Å². The SMILES string of the molecule is CC1=N[C@@H](CCCc2ccccc2)CO1. The Morgan fingerprint density at radius 2 is 2.13 bits per heavy atom. The van der Waals surface area contributed by atoms with Crippen molar-refractivity contribution in [2.45, 2.75) is 32.2 Å². The minimum atomic E-state index is 0.397. The van der Waals surface area contributed by atoms with Crippen LogP contribution in [0.25, 0.3) is 0 Å². The molecule has 0 unspecified atom stereocenters. The lowest BCUT2D eigenvalue weighted by Gasteiger charge is -2.04. The first kappa shape index (κ1) is 10.2. The van der Waals surface area contributed by atoms with Crippen molar-refractivity contribution in [2.75, 3.05) is 6.61 Å². The van der Waals surface area contributed by atoms with Gasteiger partial charge in [-0.05, 0) is 24.8 Å². The normalized spacial score (nSPS) is 19.8. The fourth-order valence-electron chi connectivity index (χ4n) is 1.88. The first-order valence-electron chi connectivity index (χ1n) is 5.56. The summed E-state index contributed by atoms with van der Waals surface area (Å²) in [7, 11) is 0. The zero-order valence-corrected chi connectivity index (χ0v) is 9.15. The van der Waals surface area contributed by atoms with Gasteiger partial charge in [0.1, 0.15) is 6.61 Å². The highest BCUT2D eigenvalue weighted by Gasteiger charge is 2.14. The standard InChI is InChI=1S/C13H17NO/c1-11-14-13(10-15-11)9-5-8-12-6-3-2-4-7-12/h2-4,6-7,13H,5,8-10H2,1H3/t13-/m0/s1. The molecule has 80 valence electrons. The minimum absolute atomic E-state index is 0.397. The van der Waals surface area contributed by atoms with Crippen LogP contribution < -0.4 is 0 Å². The van der Waals surface area contributed by atoms with Crippen molar-refractivity contribution in [1.82, 2.24) is 0 Å². The molecule has 2 rings (SSSR count). The molecule has 0 aromatic heterocycles. The van der Waals surface area contributed by atoms with Gasteiger partial charge in [-0.2, -0.15) is 0 Å². The Kier molecular flexibility index (Phi) is 3.38. The molecule has 0 N–H and O–H groups in total. The van der Waals surface area contributed by atoms with Crippen LogP contribution in [-0.4, -0.2) is 18.5 Å². The number of hydrogen-bond acceptors (Lipinski definition) is 2. The van der Waals surface area contributed by atoms with Crippen molar-refractivity contribution in [3.8, 4) is 0 Å². The number of hydrogen-bond donors (Lipinski definition) is 0. The Bertz CT molecular complexity index is 332. The van der Waals surface area contributed by atoms with Gasteiger partial charge in [0.25, 0.3) is 0 Å². The van der Waals surface area contributed by atoms with Gasteiger partial charge in [-0.15, -0.1) is 0 Å². The van der Waals surface area contributed by atoms with E-state index in [1.165, 1.54) is 12.0 Å². The summed E-state index contributed by atoms with van der Waals surface area (Å²) < 4.78 is 5.32. The number of ether oxygens (including phenoxy) is 1. The van der Waals surface area contributed by atoms with E-state index in [2.05, 4.69) is 35.3 Å². The number of aliphatic imine (C=N–C) groups is 1. The van der Waals surface area contributed by atoms with E-state index < -0.39 is 0 Å². The molecule has 0 saturated carbocycles. The van der Waals surface area contributed by atoms with Gasteiger partial charge in [-0.25, -0.2) is 4.99 Å². The summed E-state index contributed by atoms with van der Waals surface area (Å²) in [5.74, 6) is 0.847. The molecule has 1 aromatic rings. The molecule has 1 heterocycles. The molecule has 0 aliphatic carbocycles. The summed E-state index contributed by atoms with van der Waals surface area (Å²) in [5, 5.41) is 0. The van der Waals surface area contributed by atoms with E-state index in [-0.39, 0.29) is 0 Å². The average molecular weight is 203 g/mol. The van der Waals surface area contributed by atoms with Crippen LogP contribution in [-0.2, 0) is 11.2 Å². The molecular weight excluding hydrogens is 186 g/mol. The highest BCUT2D eigenvalue weighted by Crippen LogP contribution is 2.12. The molecule has 1 aliphatic heterocycles. The maximum absolute atomic E-state index is 5.32. The summed E-state index contributed by atoms with van der Waals surface area (Å²) >= 11 is 0. The lowest BCUT2D eigenvalue weighted by Crippen LogP contribution is -2.06. The third kappa shape index (κ3) is 3.08. The van der Waals surface area contributed by atoms with Crippen molar-refractivity contribution in [2.24, 2.45) is 4.99 Å². The first-order valence-corrected chi connectivity index (χ1v) is 5.56. The number of aryl methyl sites for hydroxylation is 1. The zero-order chi connectivity index (χ0) is 10.5. The van der Waals surface area contributed by atoms with Gasteiger partial charge in [0.05, 0.1) is 6.04 Å². The molecular formula is C13H17NO. The van der Waals surface area contributed by atoms with E-state index in [4.69, 9.17) is 4.74 Å². The van der Waals surface area contributed by atoms with Crippen molar-refractivity contribution >= 4 is 5.90 Å². The topological polar surface area (TPSA) is 21.6 Å². The predicted molar refractivity (Wildman–Crippen MR) is 62.2 cm³/mol. The summed E-state index contributed by atoms with van der Waals surface area (Å²) in [5.41, 5.74) is 1.41. The smallest absolute Gasteiger partial charge is 0.180 e. The molecule has 0 bridgehead atoms. The van der Waals surface area contributed by atoms with E-state index in [0.717, 1.165) is 25.3 Å². The highest BCUT2D eigenvalue weighted by atomic mass is 16.5. The molecule has 0 fully saturated rings. The summed E-state index contributed by atoms with van der Waals surface area (Å²) in [6.07, 6.45) is 3.47. The first-order chi connectivity index (χ1) is 7.34. The summed E-state index contributed by atoms with van der Waals surface area (Å²) in [6, 6.07) is 11.0. The lowest BCUT2D eigenvalue weighted by atomic mass is 10.1. The van der Waals surface area contributed by atoms with Gasteiger partial charge in [0, 0.05) is 6.92 Å².